The van der Waals surface area contributed by atoms with E-state index in [1.807, 2.05) is 35.6 Å². The molecule has 0 radical (unpaired) electrons. The Bertz CT molecular complexity index is 1610. The molecule has 5 nitrogen and oxygen atoms in total. The van der Waals surface area contributed by atoms with Crippen molar-refractivity contribution < 1.29 is 14.3 Å². The molecule has 0 saturated carbocycles. The fourth-order valence-corrected chi connectivity index (χ4v) is 9.22. The Morgan fingerprint density at radius 2 is 1.79 bits per heavy atom. The molecule has 3 aliphatic rings. The Balaban J connectivity index is 1.51. The van der Waals surface area contributed by atoms with Crippen LogP contribution >= 0.6 is 11.3 Å². The van der Waals surface area contributed by atoms with Crippen LogP contribution in [0.2, 0.25) is 19.6 Å². The minimum Gasteiger partial charge on any atom is -0.364 e. The first kappa shape index (κ1) is 26.5. The summed E-state index contributed by atoms with van der Waals surface area (Å²) >= 11 is 1.83. The van der Waals surface area contributed by atoms with E-state index in [1.165, 1.54) is 31.7 Å². The monoisotopic (exact) mass is 558 g/mol. The third-order valence-electron chi connectivity index (χ3n) is 8.99. The van der Waals surface area contributed by atoms with Gasteiger partial charge in [0.15, 0.2) is 11.6 Å². The Morgan fingerprint density at radius 3 is 2.38 bits per heavy atom. The van der Waals surface area contributed by atoms with E-state index in [1.54, 1.807) is 6.08 Å². The van der Waals surface area contributed by atoms with Crippen molar-refractivity contribution in [1.29, 1.82) is 0 Å². The van der Waals surface area contributed by atoms with Crippen LogP contribution in [0.5, 0.6) is 0 Å². The van der Waals surface area contributed by atoms with Crippen molar-refractivity contribution in [3.8, 4) is 0 Å². The molecule has 6 rings (SSSR count). The largest absolute Gasteiger partial charge is 0.364 e. The molecule has 3 aromatic rings. The summed E-state index contributed by atoms with van der Waals surface area (Å²) in [5.74, 6) is 0.0829. The molecule has 1 aliphatic carbocycles. The lowest BCUT2D eigenvalue weighted by molar-refractivity contribution is -0.123. The molecule has 7 heteroatoms. The quantitative estimate of drug-likeness (QED) is 0.195. The summed E-state index contributed by atoms with van der Waals surface area (Å²) in [6.45, 7) is 16.4. The normalized spacial score (nSPS) is 23.6. The van der Waals surface area contributed by atoms with Gasteiger partial charge in [-0.1, -0.05) is 63.8 Å². The molecule has 1 spiro atoms. The number of ether oxygens (including phenoxy) is 1. The number of thiophene rings is 1. The predicted molar refractivity (Wildman–Crippen MR) is 163 cm³/mol. The number of fused-ring (bicyclic) bond motifs is 5. The van der Waals surface area contributed by atoms with Crippen LogP contribution in [0, 0.1) is 12.8 Å². The van der Waals surface area contributed by atoms with Gasteiger partial charge in [0, 0.05) is 41.9 Å². The molecule has 1 saturated heterocycles. The number of aryl methyl sites for hydroxylation is 2. The minimum atomic E-state index is -1.62. The van der Waals surface area contributed by atoms with Crippen LogP contribution in [-0.4, -0.2) is 36.9 Å². The van der Waals surface area contributed by atoms with Gasteiger partial charge in [0.2, 0.25) is 0 Å². The topological polar surface area (TPSA) is 51.5 Å². The van der Waals surface area contributed by atoms with Crippen molar-refractivity contribution in [2.24, 2.45) is 13.0 Å². The van der Waals surface area contributed by atoms with Crippen molar-refractivity contribution in [3.05, 3.63) is 70.1 Å². The second-order valence-corrected chi connectivity index (χ2v) is 18.8. The van der Waals surface area contributed by atoms with Gasteiger partial charge in [-0.05, 0) is 37.5 Å². The van der Waals surface area contributed by atoms with E-state index < -0.39 is 13.7 Å². The van der Waals surface area contributed by atoms with E-state index in [0.717, 1.165) is 18.5 Å². The number of anilines is 1. The molecule has 0 bridgehead atoms. The fraction of sp³-hybridized carbons (Fsp3) is 0.438. The predicted octanol–water partition coefficient (Wildman–Crippen LogP) is 6.85. The lowest BCUT2D eigenvalue weighted by atomic mass is 9.85. The molecule has 0 amide bonds. The summed E-state index contributed by atoms with van der Waals surface area (Å²) in [7, 11) is 0.516. The van der Waals surface area contributed by atoms with Gasteiger partial charge >= 0.3 is 0 Å². The Hall–Kier alpha value is -2.74. The number of carbonyl (C=O) groups is 2. The number of aromatic nitrogens is 1. The van der Waals surface area contributed by atoms with E-state index in [0.29, 0.717) is 23.7 Å². The molecule has 204 valence electrons. The molecule has 2 unspecified atom stereocenters. The zero-order valence-electron chi connectivity index (χ0n) is 24.3. The number of benzene rings is 1. The van der Waals surface area contributed by atoms with E-state index in [2.05, 4.69) is 69.9 Å². The van der Waals surface area contributed by atoms with E-state index in [9.17, 15) is 9.59 Å². The van der Waals surface area contributed by atoms with Crippen LogP contribution in [0.15, 0.2) is 47.7 Å². The molecule has 1 fully saturated rings. The first-order valence-corrected chi connectivity index (χ1v) is 18.4. The van der Waals surface area contributed by atoms with Crippen molar-refractivity contribution in [3.63, 3.8) is 0 Å². The van der Waals surface area contributed by atoms with Crippen LogP contribution in [0.25, 0.3) is 10.2 Å². The standard InChI is InChI=1S/C32H38N2O3SSi/c1-9-24(18(2)3)34-26(32(14-15-37-32)27-28-25(38-31(27)34)16-19(4)33(28)5)13-12-22-29(35)21-11-10-20(39(6,7)8)17-23(21)30(22)36/h10-13,16-18,24H,9,14-15H2,1-8H3/b22-12+,26-13+. The number of ketones is 2. The number of rotatable bonds is 5. The third kappa shape index (κ3) is 3.66. The van der Waals surface area contributed by atoms with Crippen molar-refractivity contribution in [1.82, 2.24) is 4.57 Å². The highest BCUT2D eigenvalue weighted by molar-refractivity contribution is 7.23. The molecular weight excluding hydrogens is 521 g/mol. The number of hydrogen-bond acceptors (Lipinski definition) is 5. The number of nitrogens with zero attached hydrogens (tertiary/aromatic N) is 2. The number of carbonyl (C=O) groups excluding carboxylic acids is 2. The van der Waals surface area contributed by atoms with Crippen LogP contribution in [0.1, 0.15) is 65.6 Å². The third-order valence-corrected chi connectivity index (χ3v) is 12.2. The summed E-state index contributed by atoms with van der Waals surface area (Å²) in [5.41, 5.74) is 5.57. The van der Waals surface area contributed by atoms with Gasteiger partial charge in [-0.2, -0.15) is 0 Å². The smallest absolute Gasteiger partial charge is 0.197 e. The molecule has 39 heavy (non-hydrogen) atoms. The average Bonchev–Trinajstić information content (AvgIpc) is 3.50. The molecule has 1 aromatic carbocycles. The van der Waals surface area contributed by atoms with Gasteiger partial charge in [0.25, 0.3) is 0 Å². The lowest BCUT2D eigenvalue weighted by Gasteiger charge is -2.43. The molecule has 2 aromatic heterocycles. The van der Waals surface area contributed by atoms with E-state index >= 15 is 0 Å². The zero-order chi connectivity index (χ0) is 28.0. The van der Waals surface area contributed by atoms with Crippen molar-refractivity contribution in [2.45, 2.75) is 71.8 Å². The number of allylic oxidation sites excluding steroid dienone is 3. The number of Topliss-reactive ketones (excluding diaryl/α,β-unsaturated/α-hetero) is 2. The van der Waals surface area contributed by atoms with Gasteiger partial charge in [-0.25, -0.2) is 0 Å². The summed E-state index contributed by atoms with van der Waals surface area (Å²) in [6, 6.07) is 8.40. The maximum Gasteiger partial charge on any atom is 0.197 e. The summed E-state index contributed by atoms with van der Waals surface area (Å²) in [4.78, 5) is 29.5. The highest BCUT2D eigenvalue weighted by Gasteiger charge is 2.56. The Labute approximate surface area is 236 Å². The molecule has 2 aliphatic heterocycles. The first-order chi connectivity index (χ1) is 18.4. The van der Waals surface area contributed by atoms with Crippen LogP contribution in [-0.2, 0) is 17.4 Å². The average molecular weight is 559 g/mol. The van der Waals surface area contributed by atoms with E-state index in [4.69, 9.17) is 4.74 Å². The van der Waals surface area contributed by atoms with Crippen molar-refractivity contribution >= 4 is 51.4 Å². The molecular formula is C32H38N2O3SSi. The maximum absolute atomic E-state index is 13.6. The van der Waals surface area contributed by atoms with Crippen LogP contribution in [0.3, 0.4) is 0 Å². The van der Waals surface area contributed by atoms with Crippen LogP contribution in [0.4, 0.5) is 5.00 Å². The second kappa shape index (κ2) is 8.88. The number of hydrogen-bond donors (Lipinski definition) is 0. The maximum atomic E-state index is 13.6. The van der Waals surface area contributed by atoms with Gasteiger partial charge in [0.05, 0.1) is 36.2 Å². The summed E-state index contributed by atoms with van der Waals surface area (Å²) < 4.78 is 10.1. The first-order valence-electron chi connectivity index (χ1n) is 14.1. The highest BCUT2D eigenvalue weighted by Crippen LogP contribution is 2.61. The second-order valence-electron chi connectivity index (χ2n) is 12.7. The Morgan fingerprint density at radius 1 is 1.10 bits per heavy atom. The SMILES string of the molecule is CCC(C(C)C)N1/C(=C/C=C2\C(=O)c3ccc([Si](C)(C)C)cc3C2=O)C2(CCO2)c2c1sc1cc(C)n(C)c21. The van der Waals surface area contributed by atoms with Gasteiger partial charge in [0.1, 0.15) is 10.6 Å². The van der Waals surface area contributed by atoms with Gasteiger partial charge in [-0.15, -0.1) is 11.3 Å². The molecule has 2 atom stereocenters. The van der Waals surface area contributed by atoms with E-state index in [-0.39, 0.29) is 23.2 Å². The zero-order valence-corrected chi connectivity index (χ0v) is 26.1. The van der Waals surface area contributed by atoms with Crippen molar-refractivity contribution in [2.75, 3.05) is 11.5 Å². The van der Waals surface area contributed by atoms with Gasteiger partial charge in [-0.3, -0.25) is 9.59 Å². The molecule has 4 heterocycles. The van der Waals surface area contributed by atoms with Crippen LogP contribution < -0.4 is 10.1 Å². The van der Waals surface area contributed by atoms with Gasteiger partial charge < -0.3 is 14.2 Å². The lowest BCUT2D eigenvalue weighted by Crippen LogP contribution is -2.46. The molecule has 0 N–H and O–H groups in total. The Kier molecular flexibility index (Phi) is 6.03. The minimum absolute atomic E-state index is 0.161. The highest BCUT2D eigenvalue weighted by atomic mass is 32.1. The summed E-state index contributed by atoms with van der Waals surface area (Å²) in [5, 5.41) is 2.44. The summed E-state index contributed by atoms with van der Waals surface area (Å²) in [6.07, 6.45) is 5.67. The fourth-order valence-electron chi connectivity index (χ4n) is 6.59.